The van der Waals surface area contributed by atoms with Crippen LogP contribution in [-0.4, -0.2) is 22.9 Å². The van der Waals surface area contributed by atoms with Crippen LogP contribution in [0, 0.1) is 11.7 Å². The third-order valence-corrected chi connectivity index (χ3v) is 3.37. The van der Waals surface area contributed by atoms with Crippen LogP contribution in [0.4, 0.5) is 4.39 Å². The van der Waals surface area contributed by atoms with E-state index in [2.05, 4.69) is 5.32 Å². The maximum absolute atomic E-state index is 13.1. The van der Waals surface area contributed by atoms with Crippen LogP contribution in [0.5, 0.6) is 5.75 Å². The molecule has 0 saturated heterocycles. The lowest BCUT2D eigenvalue weighted by Crippen LogP contribution is -2.27. The SMILES string of the molecule is Oc1ccc(CNCC2CCCC2O)cc1F. The van der Waals surface area contributed by atoms with E-state index in [9.17, 15) is 9.50 Å². The smallest absolute Gasteiger partial charge is 0.165 e. The highest BCUT2D eigenvalue weighted by molar-refractivity contribution is 5.27. The van der Waals surface area contributed by atoms with Crippen molar-refractivity contribution in [2.24, 2.45) is 5.92 Å². The summed E-state index contributed by atoms with van der Waals surface area (Å²) in [6.07, 6.45) is 2.83. The molecule has 1 aliphatic rings. The lowest BCUT2D eigenvalue weighted by Gasteiger charge is -2.15. The maximum Gasteiger partial charge on any atom is 0.165 e. The van der Waals surface area contributed by atoms with Crippen LogP contribution in [0.25, 0.3) is 0 Å². The summed E-state index contributed by atoms with van der Waals surface area (Å²) in [5.41, 5.74) is 0.799. The van der Waals surface area contributed by atoms with Crippen molar-refractivity contribution in [1.29, 1.82) is 0 Å². The Morgan fingerprint density at radius 3 is 2.82 bits per heavy atom. The van der Waals surface area contributed by atoms with E-state index < -0.39 is 5.82 Å². The van der Waals surface area contributed by atoms with Crippen LogP contribution in [0.15, 0.2) is 18.2 Å². The minimum absolute atomic E-state index is 0.195. The van der Waals surface area contributed by atoms with Crippen molar-refractivity contribution < 1.29 is 14.6 Å². The summed E-state index contributed by atoms with van der Waals surface area (Å²) < 4.78 is 13.1. The molecule has 0 amide bonds. The first-order valence-corrected chi connectivity index (χ1v) is 6.03. The number of nitrogens with one attached hydrogen (secondary N) is 1. The summed E-state index contributed by atoms with van der Waals surface area (Å²) in [7, 11) is 0. The highest BCUT2D eigenvalue weighted by Crippen LogP contribution is 2.24. The third kappa shape index (κ3) is 3.17. The van der Waals surface area contributed by atoms with Crippen LogP contribution < -0.4 is 5.32 Å². The Balaban J connectivity index is 1.79. The summed E-state index contributed by atoms with van der Waals surface area (Å²) in [6.45, 7) is 1.31. The third-order valence-electron chi connectivity index (χ3n) is 3.37. The fourth-order valence-corrected chi connectivity index (χ4v) is 2.32. The second-order valence-electron chi connectivity index (χ2n) is 4.67. The zero-order valence-electron chi connectivity index (χ0n) is 9.69. The Kier molecular flexibility index (Phi) is 3.97. The van der Waals surface area contributed by atoms with Gasteiger partial charge in [0.1, 0.15) is 0 Å². The Bertz CT molecular complexity index is 384. The molecule has 0 radical (unpaired) electrons. The monoisotopic (exact) mass is 239 g/mol. The Morgan fingerprint density at radius 1 is 1.35 bits per heavy atom. The van der Waals surface area contributed by atoms with Crippen molar-refractivity contribution in [3.05, 3.63) is 29.6 Å². The van der Waals surface area contributed by atoms with E-state index in [0.29, 0.717) is 12.5 Å². The fraction of sp³-hybridized carbons (Fsp3) is 0.538. The number of benzene rings is 1. The molecule has 2 rings (SSSR count). The van der Waals surface area contributed by atoms with Crippen LogP contribution >= 0.6 is 0 Å². The average molecular weight is 239 g/mol. The molecule has 0 spiro atoms. The van der Waals surface area contributed by atoms with Gasteiger partial charge in [0, 0.05) is 13.1 Å². The molecule has 1 aromatic carbocycles. The van der Waals surface area contributed by atoms with Crippen LogP contribution in [-0.2, 0) is 6.54 Å². The predicted molar refractivity (Wildman–Crippen MR) is 63.1 cm³/mol. The molecule has 3 nitrogen and oxygen atoms in total. The molecule has 0 bridgehead atoms. The molecular formula is C13H18FNO2. The average Bonchev–Trinajstić information content (AvgIpc) is 2.70. The Hall–Kier alpha value is -1.13. The van der Waals surface area contributed by atoms with Gasteiger partial charge in [-0.3, -0.25) is 0 Å². The molecule has 1 aliphatic carbocycles. The number of aromatic hydroxyl groups is 1. The fourth-order valence-electron chi connectivity index (χ4n) is 2.32. The summed E-state index contributed by atoms with van der Waals surface area (Å²) in [6, 6.07) is 4.38. The van der Waals surface area contributed by atoms with E-state index >= 15 is 0 Å². The summed E-state index contributed by atoms with van der Waals surface area (Å²) in [5.74, 6) is -0.595. The van der Waals surface area contributed by atoms with E-state index in [4.69, 9.17) is 5.11 Å². The largest absolute Gasteiger partial charge is 0.505 e. The van der Waals surface area contributed by atoms with E-state index in [-0.39, 0.29) is 11.9 Å². The quantitative estimate of drug-likeness (QED) is 0.750. The first kappa shape index (κ1) is 12.3. The van der Waals surface area contributed by atoms with Gasteiger partial charge in [0.2, 0.25) is 0 Å². The van der Waals surface area contributed by atoms with E-state index in [1.165, 1.54) is 12.1 Å². The van der Waals surface area contributed by atoms with Crippen molar-refractivity contribution in [1.82, 2.24) is 5.32 Å². The number of halogens is 1. The summed E-state index contributed by atoms with van der Waals surface area (Å²) >= 11 is 0. The van der Waals surface area contributed by atoms with Crippen LogP contribution in [0.3, 0.4) is 0 Å². The molecule has 3 N–H and O–H groups in total. The number of phenolic OH excluding ortho intramolecular Hbond substituents is 1. The Labute approximate surface area is 100 Å². The molecule has 2 atom stereocenters. The number of hydrogen-bond acceptors (Lipinski definition) is 3. The molecule has 0 aromatic heterocycles. The first-order chi connectivity index (χ1) is 8.16. The van der Waals surface area contributed by atoms with Crippen LogP contribution in [0.2, 0.25) is 0 Å². The molecule has 0 heterocycles. The van der Waals surface area contributed by atoms with E-state index in [1.807, 2.05) is 0 Å². The lowest BCUT2D eigenvalue weighted by atomic mass is 10.1. The standard InChI is InChI=1S/C13H18FNO2/c14-11-6-9(4-5-13(11)17)7-15-8-10-2-1-3-12(10)16/h4-6,10,12,15-17H,1-3,7-8H2. The zero-order valence-corrected chi connectivity index (χ0v) is 9.69. The molecule has 2 unspecified atom stereocenters. The van der Waals surface area contributed by atoms with Gasteiger partial charge in [-0.15, -0.1) is 0 Å². The van der Waals surface area contributed by atoms with Gasteiger partial charge < -0.3 is 15.5 Å². The van der Waals surface area contributed by atoms with Crippen molar-refractivity contribution in [3.63, 3.8) is 0 Å². The molecule has 17 heavy (non-hydrogen) atoms. The van der Waals surface area contributed by atoms with Gasteiger partial charge in [0.05, 0.1) is 6.10 Å². The number of aliphatic hydroxyl groups excluding tert-OH is 1. The second-order valence-corrected chi connectivity index (χ2v) is 4.67. The van der Waals surface area contributed by atoms with Crippen molar-refractivity contribution in [2.45, 2.75) is 31.9 Å². The van der Waals surface area contributed by atoms with Gasteiger partial charge in [-0.2, -0.15) is 0 Å². The first-order valence-electron chi connectivity index (χ1n) is 6.03. The zero-order chi connectivity index (χ0) is 12.3. The molecule has 1 fully saturated rings. The minimum atomic E-state index is -0.592. The van der Waals surface area contributed by atoms with Gasteiger partial charge in [-0.25, -0.2) is 4.39 Å². The normalized spacial score (nSPS) is 24.1. The van der Waals surface area contributed by atoms with Crippen molar-refractivity contribution in [3.8, 4) is 5.75 Å². The van der Waals surface area contributed by atoms with Gasteiger partial charge in [-0.05, 0) is 36.5 Å². The molecule has 4 heteroatoms. The van der Waals surface area contributed by atoms with Gasteiger partial charge in [0.15, 0.2) is 11.6 Å². The topological polar surface area (TPSA) is 52.5 Å². The number of aliphatic hydroxyl groups is 1. The minimum Gasteiger partial charge on any atom is -0.505 e. The molecule has 94 valence electrons. The molecule has 1 aromatic rings. The van der Waals surface area contributed by atoms with Gasteiger partial charge >= 0.3 is 0 Å². The number of phenols is 1. The number of rotatable bonds is 4. The van der Waals surface area contributed by atoms with Crippen molar-refractivity contribution in [2.75, 3.05) is 6.54 Å². The highest BCUT2D eigenvalue weighted by atomic mass is 19.1. The second kappa shape index (κ2) is 5.47. The maximum atomic E-state index is 13.1. The van der Waals surface area contributed by atoms with Gasteiger partial charge in [0.25, 0.3) is 0 Å². The summed E-state index contributed by atoms with van der Waals surface area (Å²) in [5, 5.41) is 21.9. The predicted octanol–water partition coefficient (Wildman–Crippen LogP) is 1.78. The lowest BCUT2D eigenvalue weighted by molar-refractivity contribution is 0.131. The van der Waals surface area contributed by atoms with Gasteiger partial charge in [-0.1, -0.05) is 12.5 Å². The van der Waals surface area contributed by atoms with Crippen molar-refractivity contribution >= 4 is 0 Å². The van der Waals surface area contributed by atoms with E-state index in [1.54, 1.807) is 6.07 Å². The molecule has 1 saturated carbocycles. The van der Waals surface area contributed by atoms with E-state index in [0.717, 1.165) is 31.4 Å². The van der Waals surface area contributed by atoms with Crippen LogP contribution in [0.1, 0.15) is 24.8 Å². The Morgan fingerprint density at radius 2 is 2.18 bits per heavy atom. The molecular weight excluding hydrogens is 221 g/mol. The number of hydrogen-bond donors (Lipinski definition) is 3. The molecule has 0 aliphatic heterocycles. The highest BCUT2D eigenvalue weighted by Gasteiger charge is 2.24. The summed E-state index contributed by atoms with van der Waals surface area (Å²) in [4.78, 5) is 0.